The van der Waals surface area contributed by atoms with E-state index < -0.39 is 0 Å². The molecular weight excluding hydrogens is 324 g/mol. The highest BCUT2D eigenvalue weighted by atomic mass is 79.9. The number of nitrogens with two attached hydrogens (primary N) is 1. The van der Waals surface area contributed by atoms with Crippen molar-refractivity contribution >= 4 is 27.5 Å². The zero-order valence-electron chi connectivity index (χ0n) is 11.6. The fourth-order valence-corrected chi connectivity index (χ4v) is 3.59. The first kappa shape index (κ1) is 15.3. The van der Waals surface area contributed by atoms with Gasteiger partial charge in [-0.3, -0.25) is 4.90 Å². The van der Waals surface area contributed by atoms with Gasteiger partial charge in [0.15, 0.2) is 0 Å². The molecule has 2 nitrogen and oxygen atoms in total. The molecule has 1 aromatic carbocycles. The number of piperidine rings is 1. The first-order valence-corrected chi connectivity index (χ1v) is 8.10. The topological polar surface area (TPSA) is 29.3 Å². The van der Waals surface area contributed by atoms with Crippen LogP contribution >= 0.6 is 27.5 Å². The Bertz CT molecular complexity index is 438. The van der Waals surface area contributed by atoms with Crippen molar-refractivity contribution in [1.29, 1.82) is 0 Å². The standard InChI is InChI=1S/C15H22BrClN2/c1-10-5-6-19(11(2)7-10)15(9-18)12-3-4-14(17)13(16)8-12/h3-4,8,10-11,15H,5-7,9,18H2,1-2H3. The minimum Gasteiger partial charge on any atom is -0.329 e. The fraction of sp³-hybridized carbons (Fsp3) is 0.600. The molecule has 3 atom stereocenters. The van der Waals surface area contributed by atoms with Crippen LogP contribution in [0.5, 0.6) is 0 Å². The summed E-state index contributed by atoms with van der Waals surface area (Å²) < 4.78 is 0.947. The number of benzene rings is 1. The maximum Gasteiger partial charge on any atom is 0.0548 e. The van der Waals surface area contributed by atoms with Gasteiger partial charge < -0.3 is 5.73 Å². The fourth-order valence-electron chi connectivity index (χ4n) is 3.07. The quantitative estimate of drug-likeness (QED) is 0.888. The lowest BCUT2D eigenvalue weighted by atomic mass is 9.90. The number of hydrogen-bond acceptors (Lipinski definition) is 2. The van der Waals surface area contributed by atoms with E-state index in [9.17, 15) is 0 Å². The zero-order chi connectivity index (χ0) is 14.0. The number of hydrogen-bond donors (Lipinski definition) is 1. The maximum absolute atomic E-state index is 6.07. The third kappa shape index (κ3) is 3.52. The van der Waals surface area contributed by atoms with Gasteiger partial charge in [-0.15, -0.1) is 0 Å². The van der Waals surface area contributed by atoms with Gasteiger partial charge in [-0.25, -0.2) is 0 Å². The van der Waals surface area contributed by atoms with Gasteiger partial charge in [0.2, 0.25) is 0 Å². The van der Waals surface area contributed by atoms with Crippen LogP contribution < -0.4 is 5.73 Å². The number of rotatable bonds is 3. The largest absolute Gasteiger partial charge is 0.329 e. The molecule has 1 aliphatic heterocycles. The molecule has 0 radical (unpaired) electrons. The van der Waals surface area contributed by atoms with Crippen molar-refractivity contribution in [2.75, 3.05) is 13.1 Å². The molecule has 19 heavy (non-hydrogen) atoms. The smallest absolute Gasteiger partial charge is 0.0548 e. The van der Waals surface area contributed by atoms with Crippen molar-refractivity contribution in [2.45, 2.75) is 38.8 Å². The predicted molar refractivity (Wildman–Crippen MR) is 85.5 cm³/mol. The molecule has 0 aromatic heterocycles. The summed E-state index contributed by atoms with van der Waals surface area (Å²) in [4.78, 5) is 2.54. The summed E-state index contributed by atoms with van der Waals surface area (Å²) in [5.41, 5.74) is 7.28. The van der Waals surface area contributed by atoms with Crippen LogP contribution in [0.25, 0.3) is 0 Å². The Hall–Kier alpha value is -0.0900. The molecule has 0 aliphatic carbocycles. The van der Waals surface area contributed by atoms with Gasteiger partial charge in [0.25, 0.3) is 0 Å². The summed E-state index contributed by atoms with van der Waals surface area (Å²) >= 11 is 9.57. The summed E-state index contributed by atoms with van der Waals surface area (Å²) in [6, 6.07) is 7.02. The van der Waals surface area contributed by atoms with Crippen molar-refractivity contribution in [2.24, 2.45) is 11.7 Å². The lowest BCUT2D eigenvalue weighted by Gasteiger charge is -2.41. The summed E-state index contributed by atoms with van der Waals surface area (Å²) in [6.07, 6.45) is 2.51. The van der Waals surface area contributed by atoms with Crippen molar-refractivity contribution in [3.8, 4) is 0 Å². The molecule has 0 amide bonds. The van der Waals surface area contributed by atoms with Crippen LogP contribution in [0, 0.1) is 5.92 Å². The minimum atomic E-state index is 0.288. The number of halogens is 2. The van der Waals surface area contributed by atoms with Gasteiger partial charge in [-0.1, -0.05) is 24.6 Å². The lowest BCUT2D eigenvalue weighted by molar-refractivity contribution is 0.0847. The molecule has 1 fully saturated rings. The Labute approximate surface area is 129 Å². The molecule has 1 saturated heterocycles. The molecule has 106 valence electrons. The molecule has 0 saturated carbocycles. The monoisotopic (exact) mass is 344 g/mol. The van der Waals surface area contributed by atoms with Gasteiger partial charge in [0.1, 0.15) is 0 Å². The zero-order valence-corrected chi connectivity index (χ0v) is 13.9. The Morgan fingerprint density at radius 3 is 2.79 bits per heavy atom. The highest BCUT2D eigenvalue weighted by Crippen LogP contribution is 2.33. The first-order valence-electron chi connectivity index (χ1n) is 6.93. The molecule has 1 aromatic rings. The Morgan fingerprint density at radius 2 is 2.21 bits per heavy atom. The van der Waals surface area contributed by atoms with Crippen LogP contribution in [0.15, 0.2) is 22.7 Å². The van der Waals surface area contributed by atoms with Crippen LogP contribution in [0.4, 0.5) is 0 Å². The van der Waals surface area contributed by atoms with Gasteiger partial charge in [0, 0.05) is 23.1 Å². The summed E-state index contributed by atoms with van der Waals surface area (Å²) in [5.74, 6) is 0.821. The average molecular weight is 346 g/mol. The molecular formula is C15H22BrClN2. The van der Waals surface area contributed by atoms with E-state index in [0.717, 1.165) is 22.0 Å². The molecule has 4 heteroatoms. The summed E-state index contributed by atoms with van der Waals surface area (Å²) in [7, 11) is 0. The van der Waals surface area contributed by atoms with E-state index in [2.05, 4.69) is 46.8 Å². The highest BCUT2D eigenvalue weighted by molar-refractivity contribution is 9.10. The third-order valence-corrected chi connectivity index (χ3v) is 5.36. The molecule has 2 N–H and O–H groups in total. The average Bonchev–Trinajstić information content (AvgIpc) is 2.37. The van der Waals surface area contributed by atoms with Crippen LogP contribution in [-0.4, -0.2) is 24.0 Å². The van der Waals surface area contributed by atoms with Crippen LogP contribution in [0.3, 0.4) is 0 Å². The SMILES string of the molecule is CC1CCN(C(CN)c2ccc(Cl)c(Br)c2)C(C)C1. The van der Waals surface area contributed by atoms with Gasteiger partial charge in [-0.2, -0.15) is 0 Å². The lowest BCUT2D eigenvalue weighted by Crippen LogP contribution is -2.44. The summed E-state index contributed by atoms with van der Waals surface area (Å²) in [5, 5.41) is 0.750. The van der Waals surface area contributed by atoms with Crippen LogP contribution in [-0.2, 0) is 0 Å². The Morgan fingerprint density at radius 1 is 1.47 bits per heavy atom. The van der Waals surface area contributed by atoms with Gasteiger partial charge >= 0.3 is 0 Å². The molecule has 0 bridgehead atoms. The second-order valence-electron chi connectivity index (χ2n) is 5.64. The van der Waals surface area contributed by atoms with Gasteiger partial charge in [-0.05, 0) is 65.9 Å². The highest BCUT2D eigenvalue weighted by Gasteiger charge is 2.29. The van der Waals surface area contributed by atoms with Gasteiger partial charge in [0.05, 0.1) is 5.02 Å². The predicted octanol–water partition coefficient (Wildman–Crippen LogP) is 4.22. The van der Waals surface area contributed by atoms with E-state index in [1.807, 2.05) is 6.07 Å². The normalized spacial score (nSPS) is 26.4. The van der Waals surface area contributed by atoms with E-state index in [-0.39, 0.29) is 6.04 Å². The van der Waals surface area contributed by atoms with E-state index in [4.69, 9.17) is 17.3 Å². The van der Waals surface area contributed by atoms with Crippen LogP contribution in [0.1, 0.15) is 38.3 Å². The van der Waals surface area contributed by atoms with Crippen molar-refractivity contribution < 1.29 is 0 Å². The molecule has 3 unspecified atom stereocenters. The molecule has 2 rings (SSSR count). The van der Waals surface area contributed by atoms with E-state index in [1.54, 1.807) is 0 Å². The second-order valence-corrected chi connectivity index (χ2v) is 6.90. The van der Waals surface area contributed by atoms with Crippen molar-refractivity contribution in [3.63, 3.8) is 0 Å². The second kappa shape index (κ2) is 6.57. The number of likely N-dealkylation sites (tertiary alicyclic amines) is 1. The van der Waals surface area contributed by atoms with Crippen molar-refractivity contribution in [1.82, 2.24) is 4.90 Å². The summed E-state index contributed by atoms with van der Waals surface area (Å²) in [6.45, 7) is 6.42. The first-order chi connectivity index (χ1) is 9.02. The molecule has 0 spiro atoms. The van der Waals surface area contributed by atoms with Crippen molar-refractivity contribution in [3.05, 3.63) is 33.3 Å². The van der Waals surface area contributed by atoms with E-state index in [0.29, 0.717) is 12.6 Å². The van der Waals surface area contributed by atoms with E-state index >= 15 is 0 Å². The van der Waals surface area contributed by atoms with Crippen LogP contribution in [0.2, 0.25) is 5.02 Å². The maximum atomic E-state index is 6.07. The number of nitrogens with zero attached hydrogens (tertiary/aromatic N) is 1. The molecule has 1 aliphatic rings. The minimum absolute atomic E-state index is 0.288. The Kier molecular flexibility index (Phi) is 5.29. The van der Waals surface area contributed by atoms with E-state index in [1.165, 1.54) is 18.4 Å². The third-order valence-electron chi connectivity index (χ3n) is 4.14. The Balaban J connectivity index is 2.21. The molecule has 1 heterocycles.